The van der Waals surface area contributed by atoms with Crippen molar-refractivity contribution in [3.63, 3.8) is 0 Å². The fourth-order valence-electron chi connectivity index (χ4n) is 3.36. The number of amides is 1. The lowest BCUT2D eigenvalue weighted by Gasteiger charge is -2.17. The predicted molar refractivity (Wildman–Crippen MR) is 114 cm³/mol. The third-order valence-corrected chi connectivity index (χ3v) is 5.01. The highest BCUT2D eigenvalue weighted by molar-refractivity contribution is 5.80. The average Bonchev–Trinajstić information content (AvgIpc) is 3.07. The molecule has 0 atom stereocenters. The zero-order valence-electron chi connectivity index (χ0n) is 17.2. The van der Waals surface area contributed by atoms with Crippen LogP contribution >= 0.6 is 0 Å². The van der Waals surface area contributed by atoms with Crippen LogP contribution in [0.25, 0.3) is 16.7 Å². The smallest absolute Gasteiger partial charge is 0.351 e. The van der Waals surface area contributed by atoms with Gasteiger partial charge in [-0.1, -0.05) is 29.8 Å². The number of nitrogens with zero attached hydrogens (tertiary/aromatic N) is 5. The molecular formula is C22H23N5O3. The van der Waals surface area contributed by atoms with Crippen molar-refractivity contribution in [1.29, 1.82) is 0 Å². The molecule has 2 heterocycles. The van der Waals surface area contributed by atoms with Crippen LogP contribution in [0, 0.1) is 6.92 Å². The van der Waals surface area contributed by atoms with Gasteiger partial charge in [0.1, 0.15) is 12.3 Å². The van der Waals surface area contributed by atoms with Crippen molar-refractivity contribution in [2.75, 3.05) is 13.1 Å². The standard InChI is InChI=1S/C22H23N5O3/c1-4-25(5-2)19(28)14-26-22(29)27-18-9-7-6-8-17(18)23-21(20(27)24-26)30-16-12-10-15(3)11-13-16/h6-13H,4-5,14H2,1-3H3. The quantitative estimate of drug-likeness (QED) is 0.493. The highest BCUT2D eigenvalue weighted by Gasteiger charge is 2.20. The zero-order chi connectivity index (χ0) is 21.3. The number of carbonyl (C=O) groups excluding carboxylic acids is 1. The van der Waals surface area contributed by atoms with Crippen LogP contribution in [-0.4, -0.2) is 43.1 Å². The number of aromatic nitrogens is 4. The lowest BCUT2D eigenvalue weighted by molar-refractivity contribution is -0.131. The summed E-state index contributed by atoms with van der Waals surface area (Å²) in [4.78, 5) is 31.9. The minimum atomic E-state index is -0.405. The Kier molecular flexibility index (Phi) is 5.22. The van der Waals surface area contributed by atoms with Gasteiger partial charge >= 0.3 is 5.69 Å². The van der Waals surface area contributed by atoms with Gasteiger partial charge in [0.2, 0.25) is 11.6 Å². The molecule has 30 heavy (non-hydrogen) atoms. The first-order valence-corrected chi connectivity index (χ1v) is 9.92. The lowest BCUT2D eigenvalue weighted by Crippen LogP contribution is -2.36. The summed E-state index contributed by atoms with van der Waals surface area (Å²) in [5.41, 5.74) is 2.18. The Morgan fingerprint density at radius 3 is 2.47 bits per heavy atom. The van der Waals surface area contributed by atoms with Crippen LogP contribution in [0.5, 0.6) is 11.6 Å². The molecule has 2 aromatic heterocycles. The number of likely N-dealkylation sites (N-methyl/N-ethyl adjacent to an activating group) is 1. The normalized spacial score (nSPS) is 11.2. The van der Waals surface area contributed by atoms with E-state index in [2.05, 4.69) is 10.1 Å². The molecule has 0 aliphatic carbocycles. The Morgan fingerprint density at radius 1 is 1.07 bits per heavy atom. The number of aryl methyl sites for hydroxylation is 1. The molecule has 2 aromatic carbocycles. The van der Waals surface area contributed by atoms with Crippen LogP contribution in [0.3, 0.4) is 0 Å². The zero-order valence-corrected chi connectivity index (χ0v) is 17.2. The highest BCUT2D eigenvalue weighted by Crippen LogP contribution is 2.26. The molecule has 0 unspecified atom stereocenters. The Morgan fingerprint density at radius 2 is 1.77 bits per heavy atom. The van der Waals surface area contributed by atoms with Crippen molar-refractivity contribution >= 4 is 22.6 Å². The molecule has 0 aliphatic rings. The van der Waals surface area contributed by atoms with E-state index in [1.807, 2.05) is 63.2 Å². The second kappa shape index (κ2) is 7.98. The number of ether oxygens (including phenoxy) is 1. The molecule has 154 valence electrons. The molecule has 0 saturated carbocycles. The fraction of sp³-hybridized carbons (Fsp3) is 0.273. The van der Waals surface area contributed by atoms with Crippen molar-refractivity contribution in [3.8, 4) is 11.6 Å². The van der Waals surface area contributed by atoms with Gasteiger partial charge in [0.25, 0.3) is 5.88 Å². The Labute approximate surface area is 173 Å². The van der Waals surface area contributed by atoms with Crippen molar-refractivity contribution in [1.82, 2.24) is 24.1 Å². The third-order valence-electron chi connectivity index (χ3n) is 5.01. The Bertz CT molecular complexity index is 1270. The van der Waals surface area contributed by atoms with Crippen LogP contribution in [0.15, 0.2) is 53.3 Å². The van der Waals surface area contributed by atoms with E-state index in [9.17, 15) is 9.59 Å². The molecule has 8 heteroatoms. The molecule has 0 N–H and O–H groups in total. The number of hydrogen-bond acceptors (Lipinski definition) is 5. The number of hydrogen-bond donors (Lipinski definition) is 0. The first kappa shape index (κ1) is 19.6. The van der Waals surface area contributed by atoms with Crippen LogP contribution in [0.4, 0.5) is 0 Å². The third kappa shape index (κ3) is 3.52. The number of rotatable bonds is 6. The molecule has 8 nitrogen and oxygen atoms in total. The summed E-state index contributed by atoms with van der Waals surface area (Å²) in [6.07, 6.45) is 0. The van der Waals surface area contributed by atoms with Crippen LogP contribution in [0.1, 0.15) is 19.4 Å². The average molecular weight is 405 g/mol. The maximum atomic E-state index is 13.1. The molecule has 0 radical (unpaired) electrons. The molecule has 0 aliphatic heterocycles. The summed E-state index contributed by atoms with van der Waals surface area (Å²) < 4.78 is 8.59. The van der Waals surface area contributed by atoms with Crippen molar-refractivity contribution in [2.24, 2.45) is 0 Å². The highest BCUT2D eigenvalue weighted by atomic mass is 16.5. The predicted octanol–water partition coefficient (Wildman–Crippen LogP) is 3.01. The second-order valence-corrected chi connectivity index (χ2v) is 6.99. The van der Waals surface area contributed by atoms with Gasteiger partial charge in [0, 0.05) is 13.1 Å². The molecule has 4 rings (SSSR count). The van der Waals surface area contributed by atoms with Crippen molar-refractivity contribution < 1.29 is 9.53 Å². The molecule has 4 aromatic rings. The SMILES string of the molecule is CCN(CC)C(=O)Cn1nc2c(Oc3ccc(C)cc3)nc3ccccc3n2c1=O. The number of fused-ring (bicyclic) bond motifs is 3. The molecule has 0 saturated heterocycles. The van der Waals surface area contributed by atoms with Gasteiger partial charge in [-0.2, -0.15) is 0 Å². The minimum absolute atomic E-state index is 0.138. The maximum absolute atomic E-state index is 13.1. The number of para-hydroxylation sites is 2. The van der Waals surface area contributed by atoms with Gasteiger partial charge in [0.05, 0.1) is 11.0 Å². The van der Waals surface area contributed by atoms with E-state index in [0.29, 0.717) is 29.9 Å². The van der Waals surface area contributed by atoms with Gasteiger partial charge in [-0.05, 0) is 45.0 Å². The first-order valence-electron chi connectivity index (χ1n) is 9.92. The summed E-state index contributed by atoms with van der Waals surface area (Å²) in [6, 6.07) is 14.8. The minimum Gasteiger partial charge on any atom is -0.436 e. The lowest BCUT2D eigenvalue weighted by atomic mass is 10.2. The van der Waals surface area contributed by atoms with Gasteiger partial charge < -0.3 is 9.64 Å². The van der Waals surface area contributed by atoms with Crippen molar-refractivity contribution in [2.45, 2.75) is 27.3 Å². The summed E-state index contributed by atoms with van der Waals surface area (Å²) in [5.74, 6) is 0.638. The monoisotopic (exact) mass is 405 g/mol. The number of benzene rings is 2. The van der Waals surface area contributed by atoms with Gasteiger partial charge in [0.15, 0.2) is 0 Å². The summed E-state index contributed by atoms with van der Waals surface area (Å²) in [5, 5.41) is 4.40. The molecule has 0 bridgehead atoms. The molecule has 0 fully saturated rings. The molecule has 1 amide bonds. The molecular weight excluding hydrogens is 382 g/mol. The van der Waals surface area contributed by atoms with E-state index in [-0.39, 0.29) is 24.0 Å². The largest absolute Gasteiger partial charge is 0.436 e. The van der Waals surface area contributed by atoms with E-state index < -0.39 is 5.69 Å². The number of carbonyl (C=O) groups is 1. The van der Waals surface area contributed by atoms with E-state index in [0.717, 1.165) is 5.56 Å². The summed E-state index contributed by atoms with van der Waals surface area (Å²) in [7, 11) is 0. The second-order valence-electron chi connectivity index (χ2n) is 6.99. The van der Waals surface area contributed by atoms with E-state index in [1.165, 1.54) is 9.08 Å². The van der Waals surface area contributed by atoms with Gasteiger partial charge in [-0.3, -0.25) is 4.79 Å². The van der Waals surface area contributed by atoms with Crippen LogP contribution in [0.2, 0.25) is 0 Å². The Hall–Kier alpha value is -3.68. The van der Waals surface area contributed by atoms with Gasteiger partial charge in [-0.25, -0.2) is 18.9 Å². The summed E-state index contributed by atoms with van der Waals surface area (Å²) in [6.45, 7) is 6.80. The van der Waals surface area contributed by atoms with E-state index >= 15 is 0 Å². The Balaban J connectivity index is 1.86. The van der Waals surface area contributed by atoms with E-state index in [1.54, 1.807) is 11.0 Å². The molecule has 0 spiro atoms. The first-order chi connectivity index (χ1) is 14.5. The summed E-state index contributed by atoms with van der Waals surface area (Å²) >= 11 is 0. The van der Waals surface area contributed by atoms with Crippen LogP contribution < -0.4 is 10.4 Å². The van der Waals surface area contributed by atoms with Crippen LogP contribution in [-0.2, 0) is 11.3 Å². The maximum Gasteiger partial charge on any atom is 0.351 e. The van der Waals surface area contributed by atoms with Crippen molar-refractivity contribution in [3.05, 3.63) is 64.6 Å². The van der Waals surface area contributed by atoms with E-state index in [4.69, 9.17) is 4.74 Å². The van der Waals surface area contributed by atoms with Gasteiger partial charge in [-0.15, -0.1) is 5.10 Å². The fourth-order valence-corrected chi connectivity index (χ4v) is 3.36. The topological polar surface area (TPSA) is 81.7 Å².